The summed E-state index contributed by atoms with van der Waals surface area (Å²) in [5.41, 5.74) is 1.87. The summed E-state index contributed by atoms with van der Waals surface area (Å²) < 4.78 is 0. The van der Waals surface area contributed by atoms with Crippen molar-refractivity contribution in [2.45, 2.75) is 44.6 Å². The van der Waals surface area contributed by atoms with Gasteiger partial charge in [-0.15, -0.1) is 0 Å². The Bertz CT molecular complexity index is 1360. The maximum Gasteiger partial charge on any atom is 0.257 e. The van der Waals surface area contributed by atoms with Crippen LogP contribution in [-0.2, 0) is 0 Å². The number of piperidine rings is 1. The number of carbonyl (C=O) groups excluding carboxylic acids is 3. The summed E-state index contributed by atoms with van der Waals surface area (Å²) in [6.07, 6.45) is 6.74. The highest BCUT2D eigenvalue weighted by atomic mass is 35.5. The standard InChI is InChI=1S/C30H29Cl2N3O3/c31-22-13-14-23(24(32)18-22)29(37)33-25-15-12-21(17-26(25)34-28(36)20-8-2-1-3-9-20)30(38)35-16-6-10-19-7-4-5-11-27(19)35/h1-3,8-9,12-15,17-19,27H,4-7,10-11,16H2,(H,33,37)(H,34,36)/t19-,27+/m0/s1. The average Bonchev–Trinajstić information content (AvgIpc) is 2.93. The predicted molar refractivity (Wildman–Crippen MR) is 151 cm³/mol. The summed E-state index contributed by atoms with van der Waals surface area (Å²) in [5.74, 6) is -0.292. The molecule has 8 heteroatoms. The van der Waals surface area contributed by atoms with E-state index in [0.29, 0.717) is 33.4 Å². The van der Waals surface area contributed by atoms with Gasteiger partial charge < -0.3 is 15.5 Å². The molecule has 2 N–H and O–H groups in total. The van der Waals surface area contributed by atoms with Crippen molar-refractivity contribution >= 4 is 52.3 Å². The first-order valence-electron chi connectivity index (χ1n) is 13.0. The minimum absolute atomic E-state index is 0.0459. The summed E-state index contributed by atoms with van der Waals surface area (Å²) in [4.78, 5) is 41.8. The molecule has 3 amide bonds. The molecule has 196 valence electrons. The van der Waals surface area contributed by atoms with Crippen molar-refractivity contribution in [2.75, 3.05) is 17.2 Å². The molecule has 0 bridgehead atoms. The van der Waals surface area contributed by atoms with E-state index >= 15 is 0 Å². The zero-order valence-electron chi connectivity index (χ0n) is 20.9. The van der Waals surface area contributed by atoms with Gasteiger partial charge in [-0.3, -0.25) is 14.4 Å². The molecule has 1 heterocycles. The molecule has 2 aliphatic rings. The molecule has 5 rings (SSSR count). The monoisotopic (exact) mass is 549 g/mol. The van der Waals surface area contributed by atoms with Crippen LogP contribution in [0, 0.1) is 5.92 Å². The van der Waals surface area contributed by atoms with Gasteiger partial charge in [0.1, 0.15) is 0 Å². The fourth-order valence-electron chi connectivity index (χ4n) is 5.58. The SMILES string of the molecule is O=C(Nc1cc(C(=O)N2CCC[C@@H]3CCCC[C@H]32)ccc1NC(=O)c1ccc(Cl)cc1Cl)c1ccccc1. The minimum Gasteiger partial charge on any atom is -0.335 e. The molecule has 38 heavy (non-hydrogen) atoms. The van der Waals surface area contributed by atoms with Gasteiger partial charge in [-0.2, -0.15) is 0 Å². The van der Waals surface area contributed by atoms with Crippen LogP contribution >= 0.6 is 23.2 Å². The Hall–Kier alpha value is -3.35. The van der Waals surface area contributed by atoms with E-state index in [1.165, 1.54) is 31.4 Å². The molecule has 1 aliphatic heterocycles. The molecule has 1 aliphatic carbocycles. The zero-order chi connectivity index (χ0) is 26.6. The average molecular weight is 550 g/mol. The van der Waals surface area contributed by atoms with Crippen molar-refractivity contribution in [3.8, 4) is 0 Å². The van der Waals surface area contributed by atoms with Crippen molar-refractivity contribution in [3.05, 3.63) is 93.5 Å². The number of nitrogens with one attached hydrogen (secondary N) is 2. The third-order valence-electron chi connectivity index (χ3n) is 7.48. The molecular formula is C30H29Cl2N3O3. The Morgan fingerprint density at radius 1 is 0.737 bits per heavy atom. The first-order chi connectivity index (χ1) is 18.4. The molecule has 2 fully saturated rings. The van der Waals surface area contributed by atoms with E-state index in [-0.39, 0.29) is 28.4 Å². The number of anilines is 2. The number of halogens is 2. The molecule has 0 spiro atoms. The maximum absolute atomic E-state index is 13.7. The van der Waals surface area contributed by atoms with E-state index in [1.807, 2.05) is 11.0 Å². The Morgan fingerprint density at radius 2 is 1.47 bits per heavy atom. The van der Waals surface area contributed by atoms with Gasteiger partial charge in [0.05, 0.1) is 22.0 Å². The molecule has 3 aromatic carbocycles. The summed E-state index contributed by atoms with van der Waals surface area (Å²) in [5, 5.41) is 6.34. The van der Waals surface area contributed by atoms with Gasteiger partial charge in [-0.1, -0.05) is 54.2 Å². The summed E-state index contributed by atoms with van der Waals surface area (Å²) in [7, 11) is 0. The smallest absolute Gasteiger partial charge is 0.257 e. The number of nitrogens with zero attached hydrogens (tertiary/aromatic N) is 1. The fourth-order valence-corrected chi connectivity index (χ4v) is 6.07. The van der Waals surface area contributed by atoms with E-state index < -0.39 is 5.91 Å². The number of rotatable bonds is 5. The van der Waals surface area contributed by atoms with Gasteiger partial charge in [-0.25, -0.2) is 0 Å². The molecule has 0 aromatic heterocycles. The van der Waals surface area contributed by atoms with Crippen molar-refractivity contribution in [2.24, 2.45) is 5.92 Å². The second kappa shape index (κ2) is 11.6. The highest BCUT2D eigenvalue weighted by molar-refractivity contribution is 6.37. The minimum atomic E-state index is -0.456. The number of benzene rings is 3. The van der Waals surface area contributed by atoms with Crippen LogP contribution in [0.15, 0.2) is 66.7 Å². The summed E-state index contributed by atoms with van der Waals surface area (Å²) in [6.45, 7) is 0.735. The first-order valence-corrected chi connectivity index (χ1v) is 13.7. The number of likely N-dealkylation sites (tertiary alicyclic amines) is 1. The van der Waals surface area contributed by atoms with Crippen molar-refractivity contribution < 1.29 is 14.4 Å². The van der Waals surface area contributed by atoms with E-state index in [9.17, 15) is 14.4 Å². The largest absolute Gasteiger partial charge is 0.335 e. The lowest BCUT2D eigenvalue weighted by Gasteiger charge is -2.44. The first kappa shape index (κ1) is 26.3. The zero-order valence-corrected chi connectivity index (χ0v) is 22.4. The van der Waals surface area contributed by atoms with E-state index in [1.54, 1.807) is 48.5 Å². The Kier molecular flexibility index (Phi) is 8.01. The van der Waals surface area contributed by atoms with Gasteiger partial charge in [0.15, 0.2) is 0 Å². The van der Waals surface area contributed by atoms with Crippen LogP contribution < -0.4 is 10.6 Å². The molecule has 0 unspecified atom stereocenters. The number of fused-ring (bicyclic) bond motifs is 1. The molecule has 0 radical (unpaired) electrons. The number of amides is 3. The topological polar surface area (TPSA) is 78.5 Å². The Balaban J connectivity index is 1.45. The van der Waals surface area contributed by atoms with Gasteiger partial charge in [0.25, 0.3) is 17.7 Å². The molecule has 3 aromatic rings. The van der Waals surface area contributed by atoms with Crippen molar-refractivity contribution in [3.63, 3.8) is 0 Å². The molecule has 1 saturated heterocycles. The lowest BCUT2D eigenvalue weighted by Crippen LogP contribution is -2.49. The van der Waals surface area contributed by atoms with Crippen LogP contribution in [0.4, 0.5) is 11.4 Å². The van der Waals surface area contributed by atoms with Crippen LogP contribution in [0.2, 0.25) is 10.0 Å². The molecule has 6 nitrogen and oxygen atoms in total. The van der Waals surface area contributed by atoms with Crippen LogP contribution in [0.1, 0.15) is 69.6 Å². The van der Waals surface area contributed by atoms with Crippen LogP contribution in [0.5, 0.6) is 0 Å². The number of carbonyl (C=O) groups is 3. The lowest BCUT2D eigenvalue weighted by atomic mass is 9.78. The van der Waals surface area contributed by atoms with Gasteiger partial charge in [0, 0.05) is 28.7 Å². The van der Waals surface area contributed by atoms with Crippen LogP contribution in [0.25, 0.3) is 0 Å². The Labute approximate surface area is 232 Å². The fraction of sp³-hybridized carbons (Fsp3) is 0.300. The Morgan fingerprint density at radius 3 is 2.26 bits per heavy atom. The van der Waals surface area contributed by atoms with Gasteiger partial charge in [0.2, 0.25) is 0 Å². The number of hydrogen-bond acceptors (Lipinski definition) is 3. The second-order valence-corrected chi connectivity index (χ2v) is 10.8. The van der Waals surface area contributed by atoms with E-state index in [4.69, 9.17) is 23.2 Å². The molecular weight excluding hydrogens is 521 g/mol. The molecule has 2 atom stereocenters. The predicted octanol–water partition coefficient (Wildman–Crippen LogP) is 7.29. The normalized spacial score (nSPS) is 18.8. The van der Waals surface area contributed by atoms with E-state index in [0.717, 1.165) is 25.8 Å². The van der Waals surface area contributed by atoms with E-state index in [2.05, 4.69) is 10.6 Å². The number of hydrogen-bond donors (Lipinski definition) is 2. The summed E-state index contributed by atoms with van der Waals surface area (Å²) >= 11 is 12.2. The second-order valence-electron chi connectivity index (χ2n) is 9.91. The van der Waals surface area contributed by atoms with Crippen molar-refractivity contribution in [1.82, 2.24) is 4.90 Å². The van der Waals surface area contributed by atoms with Crippen LogP contribution in [0.3, 0.4) is 0 Å². The van der Waals surface area contributed by atoms with Crippen LogP contribution in [-0.4, -0.2) is 35.2 Å². The highest BCUT2D eigenvalue weighted by Crippen LogP contribution is 2.36. The third kappa shape index (κ3) is 5.71. The summed E-state index contributed by atoms with van der Waals surface area (Å²) in [6, 6.07) is 18.7. The maximum atomic E-state index is 13.7. The van der Waals surface area contributed by atoms with Gasteiger partial charge >= 0.3 is 0 Å². The lowest BCUT2D eigenvalue weighted by molar-refractivity contribution is 0.0390. The van der Waals surface area contributed by atoms with Gasteiger partial charge in [-0.05, 0) is 80.1 Å². The quantitative estimate of drug-likeness (QED) is 0.350. The van der Waals surface area contributed by atoms with Crippen molar-refractivity contribution in [1.29, 1.82) is 0 Å². The third-order valence-corrected chi connectivity index (χ3v) is 8.03. The molecule has 1 saturated carbocycles. The highest BCUT2D eigenvalue weighted by Gasteiger charge is 2.36.